The first kappa shape index (κ1) is 19.8. The van der Waals surface area contributed by atoms with E-state index < -0.39 is 24.0 Å². The van der Waals surface area contributed by atoms with Gasteiger partial charge in [0.15, 0.2) is 11.7 Å². The van der Waals surface area contributed by atoms with Gasteiger partial charge in [-0.25, -0.2) is 4.98 Å². The molecule has 142 valence electrons. The van der Waals surface area contributed by atoms with Crippen molar-refractivity contribution in [2.24, 2.45) is 10.9 Å². The van der Waals surface area contributed by atoms with E-state index >= 15 is 0 Å². The third-order valence-electron chi connectivity index (χ3n) is 3.95. The lowest BCUT2D eigenvalue weighted by Gasteiger charge is -2.31. The zero-order chi connectivity index (χ0) is 18.7. The number of guanidine groups is 1. The summed E-state index contributed by atoms with van der Waals surface area (Å²) in [6.45, 7) is 0.00976. The number of halogens is 6. The minimum absolute atomic E-state index is 0.00976. The lowest BCUT2D eigenvalue weighted by Crippen LogP contribution is -2.46. The minimum atomic E-state index is -4.50. The molecule has 1 fully saturated rings. The highest BCUT2D eigenvalue weighted by Gasteiger charge is 2.42. The maximum atomic E-state index is 12.8. The Bertz CT molecular complexity index is 595. The molecule has 0 radical (unpaired) electrons. The van der Waals surface area contributed by atoms with Crippen molar-refractivity contribution >= 4 is 17.3 Å². The summed E-state index contributed by atoms with van der Waals surface area (Å²) >= 11 is 0.854. The van der Waals surface area contributed by atoms with Crippen molar-refractivity contribution in [3.05, 3.63) is 16.1 Å². The summed E-state index contributed by atoms with van der Waals surface area (Å²) in [6.07, 6.45) is -7.59. The fourth-order valence-electron chi connectivity index (χ4n) is 2.69. The maximum absolute atomic E-state index is 12.8. The highest BCUT2D eigenvalue weighted by molar-refractivity contribution is 7.09. The van der Waals surface area contributed by atoms with E-state index in [1.165, 1.54) is 7.05 Å². The van der Waals surface area contributed by atoms with Gasteiger partial charge in [0.1, 0.15) is 5.01 Å². The molecule has 2 atom stereocenters. The molecule has 2 unspecified atom stereocenters. The molecule has 1 saturated carbocycles. The van der Waals surface area contributed by atoms with E-state index in [4.69, 9.17) is 0 Å². The van der Waals surface area contributed by atoms with Crippen LogP contribution in [-0.2, 0) is 12.7 Å². The Morgan fingerprint density at radius 3 is 2.56 bits per heavy atom. The van der Waals surface area contributed by atoms with Crippen molar-refractivity contribution in [3.63, 3.8) is 0 Å². The molecule has 1 aliphatic rings. The topological polar surface area (TPSA) is 49.3 Å². The molecule has 2 N–H and O–H groups in total. The first-order valence-corrected chi connectivity index (χ1v) is 8.53. The summed E-state index contributed by atoms with van der Waals surface area (Å²) in [5, 5.41) is 6.83. The van der Waals surface area contributed by atoms with Crippen LogP contribution in [0.3, 0.4) is 0 Å². The highest BCUT2D eigenvalue weighted by atomic mass is 32.1. The van der Waals surface area contributed by atoms with Gasteiger partial charge in [-0.2, -0.15) is 26.3 Å². The van der Waals surface area contributed by atoms with Gasteiger partial charge < -0.3 is 10.6 Å². The van der Waals surface area contributed by atoms with Crippen LogP contribution in [0.1, 0.15) is 36.4 Å². The monoisotopic (exact) mass is 388 g/mol. The number of hydrogen-bond donors (Lipinski definition) is 2. The second-order valence-corrected chi connectivity index (χ2v) is 6.74. The second kappa shape index (κ2) is 7.79. The molecule has 1 aromatic heterocycles. The third-order valence-corrected chi connectivity index (χ3v) is 4.80. The molecule has 1 aliphatic carbocycles. The molecule has 25 heavy (non-hydrogen) atoms. The molecule has 0 aromatic carbocycles. The first-order valence-electron chi connectivity index (χ1n) is 7.65. The number of thiazole rings is 1. The Hall–Kier alpha value is -1.52. The van der Waals surface area contributed by atoms with Crippen molar-refractivity contribution in [1.29, 1.82) is 0 Å². The molecule has 1 aromatic rings. The molecule has 1 heterocycles. The van der Waals surface area contributed by atoms with Crippen molar-refractivity contribution in [3.8, 4) is 0 Å². The van der Waals surface area contributed by atoms with E-state index in [1.54, 1.807) is 0 Å². The van der Waals surface area contributed by atoms with E-state index in [0.29, 0.717) is 12.8 Å². The Balaban J connectivity index is 1.87. The maximum Gasteiger partial charge on any atom is 0.434 e. The van der Waals surface area contributed by atoms with Crippen LogP contribution in [0.2, 0.25) is 0 Å². The third kappa shape index (κ3) is 5.75. The molecule has 0 bridgehead atoms. The van der Waals surface area contributed by atoms with Crippen LogP contribution in [0, 0.1) is 5.92 Å². The molecule has 4 nitrogen and oxygen atoms in total. The summed E-state index contributed by atoms with van der Waals surface area (Å²) in [7, 11) is 1.45. The number of aliphatic imine (C=N–C) groups is 1. The van der Waals surface area contributed by atoms with Gasteiger partial charge in [0.25, 0.3) is 0 Å². The van der Waals surface area contributed by atoms with Gasteiger partial charge in [-0.05, 0) is 19.3 Å². The van der Waals surface area contributed by atoms with E-state index in [1.807, 2.05) is 0 Å². The number of rotatable bonds is 3. The predicted octanol–water partition coefficient (Wildman–Crippen LogP) is 3.95. The van der Waals surface area contributed by atoms with Crippen LogP contribution in [0.4, 0.5) is 26.3 Å². The van der Waals surface area contributed by atoms with Crippen molar-refractivity contribution in [1.82, 2.24) is 15.6 Å². The predicted molar refractivity (Wildman–Crippen MR) is 82.3 cm³/mol. The van der Waals surface area contributed by atoms with Gasteiger partial charge in [0.2, 0.25) is 0 Å². The molecular formula is C14H18F6N4S. The molecule has 0 aliphatic heterocycles. The van der Waals surface area contributed by atoms with E-state index in [0.717, 1.165) is 16.7 Å². The van der Waals surface area contributed by atoms with Gasteiger partial charge in [-0.15, -0.1) is 11.3 Å². The quantitative estimate of drug-likeness (QED) is 0.468. The molecule has 0 spiro atoms. The van der Waals surface area contributed by atoms with Crippen molar-refractivity contribution in [2.75, 3.05) is 7.05 Å². The SMILES string of the molecule is CN=C(NCc1nc(C(F)(F)F)cs1)NC1CCCC(C(F)(F)F)C1. The fourth-order valence-corrected chi connectivity index (χ4v) is 3.43. The Kier molecular flexibility index (Phi) is 6.17. The van der Waals surface area contributed by atoms with E-state index in [-0.39, 0.29) is 36.4 Å². The van der Waals surface area contributed by atoms with Gasteiger partial charge >= 0.3 is 12.4 Å². The van der Waals surface area contributed by atoms with Crippen LogP contribution < -0.4 is 10.6 Å². The lowest BCUT2D eigenvalue weighted by molar-refractivity contribution is -0.183. The van der Waals surface area contributed by atoms with Crippen LogP contribution in [0.15, 0.2) is 10.4 Å². The standard InChI is InChI=1S/C14H18F6N4S/c1-21-12(22-6-11-24-10(7-25-11)14(18,19)20)23-9-4-2-3-8(5-9)13(15,16)17/h7-9H,2-6H2,1H3,(H2,21,22,23). The Morgan fingerprint density at radius 2 is 2.00 bits per heavy atom. The van der Waals surface area contributed by atoms with Gasteiger partial charge in [0.05, 0.1) is 12.5 Å². The zero-order valence-corrected chi connectivity index (χ0v) is 14.2. The molecule has 0 amide bonds. The summed E-state index contributed by atoms with van der Waals surface area (Å²) in [5.41, 5.74) is -0.961. The van der Waals surface area contributed by atoms with Crippen LogP contribution in [0.25, 0.3) is 0 Å². The lowest BCUT2D eigenvalue weighted by atomic mass is 9.85. The average Bonchev–Trinajstić information content (AvgIpc) is 3.00. The minimum Gasteiger partial charge on any atom is -0.354 e. The van der Waals surface area contributed by atoms with Crippen molar-refractivity contribution in [2.45, 2.75) is 50.6 Å². The number of hydrogen-bond acceptors (Lipinski definition) is 3. The van der Waals surface area contributed by atoms with E-state index in [9.17, 15) is 26.3 Å². The van der Waals surface area contributed by atoms with Gasteiger partial charge in [-0.1, -0.05) is 6.42 Å². The van der Waals surface area contributed by atoms with Gasteiger partial charge in [0, 0.05) is 18.5 Å². The fraction of sp³-hybridized carbons (Fsp3) is 0.714. The normalized spacial score (nSPS) is 22.8. The zero-order valence-electron chi connectivity index (χ0n) is 13.3. The van der Waals surface area contributed by atoms with Crippen molar-refractivity contribution < 1.29 is 26.3 Å². The summed E-state index contributed by atoms with van der Waals surface area (Å²) in [5.74, 6) is -1.10. The van der Waals surface area contributed by atoms with Gasteiger partial charge in [-0.3, -0.25) is 4.99 Å². The Labute approximate surface area is 144 Å². The molecule has 2 rings (SSSR count). The van der Waals surface area contributed by atoms with Crippen LogP contribution in [0.5, 0.6) is 0 Å². The smallest absolute Gasteiger partial charge is 0.354 e. The summed E-state index contributed by atoms with van der Waals surface area (Å²) in [4.78, 5) is 7.39. The summed E-state index contributed by atoms with van der Waals surface area (Å²) in [6, 6.07) is -0.381. The summed E-state index contributed by atoms with van der Waals surface area (Å²) < 4.78 is 76.0. The Morgan fingerprint density at radius 1 is 1.28 bits per heavy atom. The average molecular weight is 388 g/mol. The van der Waals surface area contributed by atoms with Crippen LogP contribution in [-0.4, -0.2) is 30.2 Å². The number of nitrogens with zero attached hydrogens (tertiary/aromatic N) is 2. The molecule has 11 heteroatoms. The molecule has 0 saturated heterocycles. The number of alkyl halides is 6. The molecular weight excluding hydrogens is 370 g/mol. The largest absolute Gasteiger partial charge is 0.434 e. The number of nitrogens with one attached hydrogen (secondary N) is 2. The number of aromatic nitrogens is 1. The first-order chi connectivity index (χ1) is 11.6. The van der Waals surface area contributed by atoms with Crippen LogP contribution >= 0.6 is 11.3 Å². The van der Waals surface area contributed by atoms with E-state index in [2.05, 4.69) is 20.6 Å². The second-order valence-electron chi connectivity index (χ2n) is 5.80. The highest BCUT2D eigenvalue weighted by Crippen LogP contribution is 2.37.